The topological polar surface area (TPSA) is 79.0 Å². The Hall–Kier alpha value is -2.57. The van der Waals surface area contributed by atoms with Gasteiger partial charge in [-0.15, -0.1) is 0 Å². The van der Waals surface area contributed by atoms with Crippen LogP contribution >= 0.6 is 0 Å². The fourth-order valence-corrected chi connectivity index (χ4v) is 2.59. The Labute approximate surface area is 141 Å². The number of rotatable bonds is 5. The Morgan fingerprint density at radius 1 is 1.38 bits per heavy atom. The second-order valence-electron chi connectivity index (χ2n) is 6.09. The van der Waals surface area contributed by atoms with Gasteiger partial charge in [-0.1, -0.05) is 6.07 Å². The van der Waals surface area contributed by atoms with E-state index in [1.54, 1.807) is 32.2 Å². The average molecular weight is 333 g/mol. The fraction of sp³-hybridized carbons (Fsp3) is 0.471. The van der Waals surface area contributed by atoms with E-state index in [9.17, 15) is 14.4 Å². The maximum absolute atomic E-state index is 12.3. The maximum atomic E-state index is 12.3. The van der Waals surface area contributed by atoms with Gasteiger partial charge in [0.25, 0.3) is 0 Å². The van der Waals surface area contributed by atoms with E-state index in [0.29, 0.717) is 11.4 Å². The molecule has 1 N–H and O–H groups in total. The van der Waals surface area contributed by atoms with E-state index in [2.05, 4.69) is 5.32 Å². The highest BCUT2D eigenvalue weighted by atomic mass is 16.5. The molecule has 3 amide bonds. The number of nitrogens with one attached hydrogen (secondary N) is 1. The molecule has 1 aliphatic heterocycles. The highest BCUT2D eigenvalue weighted by Crippen LogP contribution is 2.33. The van der Waals surface area contributed by atoms with Crippen molar-refractivity contribution in [3.63, 3.8) is 0 Å². The summed E-state index contributed by atoms with van der Waals surface area (Å²) in [6.07, 6.45) is 0.124. The van der Waals surface area contributed by atoms with Crippen LogP contribution in [-0.2, 0) is 14.4 Å². The number of benzene rings is 1. The van der Waals surface area contributed by atoms with Crippen LogP contribution in [0.2, 0.25) is 0 Å². The molecule has 130 valence electrons. The van der Waals surface area contributed by atoms with Gasteiger partial charge in [-0.05, 0) is 24.6 Å². The molecule has 0 aliphatic carbocycles. The second-order valence-corrected chi connectivity index (χ2v) is 6.09. The van der Waals surface area contributed by atoms with Crippen molar-refractivity contribution in [2.24, 2.45) is 5.92 Å². The smallest absolute Gasteiger partial charge is 0.241 e. The predicted octanol–water partition coefficient (Wildman–Crippen LogP) is 0.561. The first-order valence-corrected chi connectivity index (χ1v) is 7.76. The first-order chi connectivity index (χ1) is 11.3. The molecule has 1 fully saturated rings. The minimum atomic E-state index is -0.474. The Balaban J connectivity index is 2.07. The van der Waals surface area contributed by atoms with Crippen LogP contribution in [0, 0.1) is 12.8 Å². The normalized spacial score (nSPS) is 16.9. The highest BCUT2D eigenvalue weighted by molar-refractivity contribution is 6.01. The summed E-state index contributed by atoms with van der Waals surface area (Å²) >= 11 is 0. The number of ether oxygens (including phenoxy) is 1. The number of carbonyl (C=O) groups excluding carboxylic acids is 3. The lowest BCUT2D eigenvalue weighted by molar-refractivity contribution is -0.132. The number of aryl methyl sites for hydroxylation is 1. The fourth-order valence-electron chi connectivity index (χ4n) is 2.59. The van der Waals surface area contributed by atoms with Crippen molar-refractivity contribution in [3.05, 3.63) is 23.8 Å². The van der Waals surface area contributed by atoms with Crippen LogP contribution in [-0.4, -0.2) is 56.9 Å². The van der Waals surface area contributed by atoms with E-state index in [1.807, 2.05) is 19.1 Å². The van der Waals surface area contributed by atoms with Crippen LogP contribution in [0.25, 0.3) is 0 Å². The van der Waals surface area contributed by atoms with Gasteiger partial charge >= 0.3 is 0 Å². The van der Waals surface area contributed by atoms with Crippen molar-refractivity contribution in [3.8, 4) is 5.75 Å². The molecule has 2 rings (SSSR count). The summed E-state index contributed by atoms with van der Waals surface area (Å²) in [6.45, 7) is 2.14. The second kappa shape index (κ2) is 7.33. The summed E-state index contributed by atoms with van der Waals surface area (Å²) in [7, 11) is 4.80. The third-order valence-electron chi connectivity index (χ3n) is 4.03. The lowest BCUT2D eigenvalue weighted by Crippen LogP contribution is -2.39. The van der Waals surface area contributed by atoms with Crippen LogP contribution in [0.4, 0.5) is 5.69 Å². The Kier molecular flexibility index (Phi) is 5.43. The summed E-state index contributed by atoms with van der Waals surface area (Å²) < 4.78 is 5.32. The molecule has 1 aliphatic rings. The molecule has 1 heterocycles. The van der Waals surface area contributed by atoms with Gasteiger partial charge in [0.15, 0.2) is 0 Å². The SMILES string of the molecule is COc1ccc(C)cc1N1C[C@@H](C(=O)NCC(=O)N(C)C)CC1=O. The molecule has 1 aromatic carbocycles. The summed E-state index contributed by atoms with van der Waals surface area (Å²) in [5, 5.41) is 2.60. The number of amides is 3. The zero-order chi connectivity index (χ0) is 17.9. The van der Waals surface area contributed by atoms with Crippen molar-refractivity contribution >= 4 is 23.4 Å². The molecule has 1 atom stereocenters. The number of hydrogen-bond acceptors (Lipinski definition) is 4. The van der Waals surface area contributed by atoms with Crippen LogP contribution < -0.4 is 15.0 Å². The first kappa shape index (κ1) is 17.8. The van der Waals surface area contributed by atoms with E-state index in [1.165, 1.54) is 4.90 Å². The molecular weight excluding hydrogens is 310 g/mol. The summed E-state index contributed by atoms with van der Waals surface area (Å²) in [6, 6.07) is 5.58. The van der Waals surface area contributed by atoms with E-state index >= 15 is 0 Å². The largest absolute Gasteiger partial charge is 0.495 e. The number of carbonyl (C=O) groups is 3. The predicted molar refractivity (Wildman–Crippen MR) is 89.9 cm³/mol. The first-order valence-electron chi connectivity index (χ1n) is 7.76. The minimum absolute atomic E-state index is 0.0652. The number of methoxy groups -OCH3 is 1. The number of nitrogens with zero attached hydrogens (tertiary/aromatic N) is 2. The minimum Gasteiger partial charge on any atom is -0.495 e. The quantitative estimate of drug-likeness (QED) is 0.854. The van der Waals surface area contributed by atoms with E-state index in [-0.39, 0.29) is 37.2 Å². The van der Waals surface area contributed by atoms with Gasteiger partial charge in [0.1, 0.15) is 5.75 Å². The third-order valence-corrected chi connectivity index (χ3v) is 4.03. The van der Waals surface area contributed by atoms with Gasteiger partial charge < -0.3 is 19.9 Å². The van der Waals surface area contributed by atoms with Crippen LogP contribution in [0.1, 0.15) is 12.0 Å². The Morgan fingerprint density at radius 2 is 2.08 bits per heavy atom. The Morgan fingerprint density at radius 3 is 2.71 bits per heavy atom. The lowest BCUT2D eigenvalue weighted by atomic mass is 10.1. The van der Waals surface area contributed by atoms with Gasteiger partial charge in [0.2, 0.25) is 17.7 Å². The number of anilines is 1. The zero-order valence-electron chi connectivity index (χ0n) is 14.5. The molecule has 0 bridgehead atoms. The van der Waals surface area contributed by atoms with Gasteiger partial charge in [0, 0.05) is 27.1 Å². The molecule has 0 unspecified atom stereocenters. The van der Waals surface area contributed by atoms with Crippen molar-refractivity contribution < 1.29 is 19.1 Å². The van der Waals surface area contributed by atoms with Gasteiger partial charge in [0.05, 0.1) is 25.3 Å². The summed E-state index contributed by atoms with van der Waals surface area (Å²) in [5.41, 5.74) is 1.67. The summed E-state index contributed by atoms with van der Waals surface area (Å²) in [4.78, 5) is 39.1. The van der Waals surface area contributed by atoms with Gasteiger partial charge in [-0.2, -0.15) is 0 Å². The molecular formula is C17H23N3O4. The maximum Gasteiger partial charge on any atom is 0.241 e. The molecule has 0 saturated carbocycles. The molecule has 0 aromatic heterocycles. The average Bonchev–Trinajstić information content (AvgIpc) is 2.93. The zero-order valence-corrected chi connectivity index (χ0v) is 14.5. The van der Waals surface area contributed by atoms with Crippen LogP contribution in [0.3, 0.4) is 0 Å². The summed E-state index contributed by atoms with van der Waals surface area (Å²) in [5.74, 6) is -0.481. The van der Waals surface area contributed by atoms with E-state index in [4.69, 9.17) is 4.74 Å². The Bertz CT molecular complexity index is 657. The van der Waals surface area contributed by atoms with Crippen molar-refractivity contribution in [1.29, 1.82) is 0 Å². The monoisotopic (exact) mass is 333 g/mol. The van der Waals surface area contributed by atoms with Crippen molar-refractivity contribution in [2.45, 2.75) is 13.3 Å². The van der Waals surface area contributed by atoms with E-state index in [0.717, 1.165) is 5.56 Å². The molecule has 0 spiro atoms. The van der Waals surface area contributed by atoms with Crippen LogP contribution in [0.15, 0.2) is 18.2 Å². The molecule has 1 aromatic rings. The van der Waals surface area contributed by atoms with Gasteiger partial charge in [-0.25, -0.2) is 0 Å². The molecule has 7 heteroatoms. The highest BCUT2D eigenvalue weighted by Gasteiger charge is 2.36. The van der Waals surface area contributed by atoms with Crippen molar-refractivity contribution in [2.75, 3.05) is 39.2 Å². The molecule has 1 saturated heterocycles. The standard InChI is InChI=1S/C17H23N3O4/c1-11-5-6-14(24-4)13(7-11)20-10-12(8-15(20)21)17(23)18-9-16(22)19(2)3/h5-7,12H,8-10H2,1-4H3,(H,18,23)/t12-/m0/s1. The molecule has 0 radical (unpaired) electrons. The van der Waals surface area contributed by atoms with Gasteiger partial charge in [-0.3, -0.25) is 14.4 Å². The molecule has 7 nitrogen and oxygen atoms in total. The van der Waals surface area contributed by atoms with E-state index < -0.39 is 5.92 Å². The van der Waals surface area contributed by atoms with Crippen LogP contribution in [0.5, 0.6) is 5.75 Å². The number of likely N-dealkylation sites (N-methyl/N-ethyl adjacent to an activating group) is 1. The lowest BCUT2D eigenvalue weighted by Gasteiger charge is -2.20. The number of hydrogen-bond donors (Lipinski definition) is 1. The van der Waals surface area contributed by atoms with Crippen molar-refractivity contribution in [1.82, 2.24) is 10.2 Å². The third kappa shape index (κ3) is 3.84. The molecule has 24 heavy (non-hydrogen) atoms.